The fourth-order valence-corrected chi connectivity index (χ4v) is 7.90. The first-order chi connectivity index (χ1) is 11.2. The lowest BCUT2D eigenvalue weighted by Gasteiger charge is -2.39. The van der Waals surface area contributed by atoms with Crippen molar-refractivity contribution in [2.45, 2.75) is 84.7 Å². The van der Waals surface area contributed by atoms with Crippen molar-refractivity contribution in [1.29, 1.82) is 0 Å². The first kappa shape index (κ1) is 19.7. The van der Waals surface area contributed by atoms with Gasteiger partial charge in [0.15, 0.2) is 8.32 Å². The Bertz CT molecular complexity index is 461. The van der Waals surface area contributed by atoms with E-state index in [4.69, 9.17) is 9.16 Å². The van der Waals surface area contributed by atoms with Gasteiger partial charge < -0.3 is 9.16 Å². The summed E-state index contributed by atoms with van der Waals surface area (Å²) in [6.07, 6.45) is 3.88. The molecule has 1 aliphatic heterocycles. The molecule has 5 atom stereocenters. The highest BCUT2D eigenvalue weighted by Gasteiger charge is 2.57. The predicted octanol–water partition coefficient (Wildman–Crippen LogP) is 5.18. The highest BCUT2D eigenvalue weighted by molar-refractivity contribution is 6.73. The molecule has 0 amide bonds. The molecule has 1 heterocycles. The van der Waals surface area contributed by atoms with Crippen LogP contribution in [-0.2, 0) is 14.0 Å². The second kappa shape index (κ2) is 7.33. The fraction of sp³-hybridized carbons (Fsp3) is 0.850. The Morgan fingerprint density at radius 2 is 1.92 bits per heavy atom. The van der Waals surface area contributed by atoms with Crippen LogP contribution in [0.3, 0.4) is 0 Å². The second-order valence-corrected chi connectivity index (χ2v) is 13.3. The van der Waals surface area contributed by atoms with Crippen molar-refractivity contribution in [3.63, 3.8) is 0 Å². The normalized spacial score (nSPS) is 31.4. The maximum Gasteiger partial charge on any atom is 0.306 e. The molecule has 0 aromatic rings. The van der Waals surface area contributed by atoms with Crippen LogP contribution in [0.4, 0.5) is 0 Å². The molecule has 0 unspecified atom stereocenters. The molecule has 0 radical (unpaired) electrons. The Hall–Kier alpha value is -0.613. The van der Waals surface area contributed by atoms with E-state index < -0.39 is 8.32 Å². The molecule has 1 aliphatic carbocycles. The third-order valence-corrected chi connectivity index (χ3v) is 11.4. The van der Waals surface area contributed by atoms with Crippen molar-refractivity contribution in [3.8, 4) is 0 Å². The minimum absolute atomic E-state index is 0.0298. The summed E-state index contributed by atoms with van der Waals surface area (Å²) in [6.45, 7) is 17.6. The van der Waals surface area contributed by atoms with Gasteiger partial charge in [-0.1, -0.05) is 47.6 Å². The zero-order chi connectivity index (χ0) is 18.1. The third kappa shape index (κ3) is 3.50. The van der Waals surface area contributed by atoms with E-state index in [2.05, 4.69) is 48.1 Å². The van der Waals surface area contributed by atoms with Gasteiger partial charge in [-0.15, -0.1) is 6.58 Å². The summed E-state index contributed by atoms with van der Waals surface area (Å²) in [5.74, 6) is 0.965. The number of rotatable bonds is 8. The van der Waals surface area contributed by atoms with Crippen LogP contribution in [0.2, 0.25) is 18.1 Å². The summed E-state index contributed by atoms with van der Waals surface area (Å²) < 4.78 is 12.7. The smallest absolute Gasteiger partial charge is 0.306 e. The van der Waals surface area contributed by atoms with Crippen LogP contribution in [0.15, 0.2) is 12.7 Å². The Labute approximate surface area is 149 Å². The zero-order valence-electron chi connectivity index (χ0n) is 16.4. The van der Waals surface area contributed by atoms with Gasteiger partial charge in [-0.25, -0.2) is 0 Å². The van der Waals surface area contributed by atoms with Gasteiger partial charge >= 0.3 is 5.97 Å². The lowest BCUT2D eigenvalue weighted by atomic mass is 9.83. The molecule has 2 rings (SSSR count). The van der Waals surface area contributed by atoms with Crippen molar-refractivity contribution in [3.05, 3.63) is 12.7 Å². The molecule has 2 fully saturated rings. The topological polar surface area (TPSA) is 35.5 Å². The first-order valence-corrected chi connectivity index (χ1v) is 12.3. The van der Waals surface area contributed by atoms with Gasteiger partial charge in [0.25, 0.3) is 0 Å². The zero-order valence-corrected chi connectivity index (χ0v) is 17.4. The van der Waals surface area contributed by atoms with Crippen LogP contribution in [-0.4, -0.2) is 26.5 Å². The van der Waals surface area contributed by atoms with E-state index in [1.54, 1.807) is 0 Å². The maximum absolute atomic E-state index is 11.9. The quantitative estimate of drug-likeness (QED) is 0.343. The Balaban J connectivity index is 2.31. The molecule has 138 valence electrons. The molecule has 0 N–H and O–H groups in total. The van der Waals surface area contributed by atoms with Gasteiger partial charge in [0, 0.05) is 11.3 Å². The SMILES string of the molecule is C=C[C@@H](C)[C@H](O[Si](CC)(CC)CC)[C@@H]1CC(C)(C)[C@@H]2OC(=O)C[C@H]12. The number of hydrogen-bond donors (Lipinski definition) is 0. The van der Waals surface area contributed by atoms with Crippen LogP contribution >= 0.6 is 0 Å². The summed E-state index contributed by atoms with van der Waals surface area (Å²) in [6, 6.07) is 3.46. The molecule has 2 aliphatic rings. The second-order valence-electron chi connectivity index (χ2n) is 8.56. The molecule has 0 bridgehead atoms. The van der Waals surface area contributed by atoms with E-state index in [1.165, 1.54) is 0 Å². The van der Waals surface area contributed by atoms with Crippen molar-refractivity contribution in [2.24, 2.45) is 23.2 Å². The number of esters is 1. The van der Waals surface area contributed by atoms with Crippen LogP contribution in [0.5, 0.6) is 0 Å². The highest BCUT2D eigenvalue weighted by Crippen LogP contribution is 2.54. The summed E-state index contributed by atoms with van der Waals surface area (Å²) in [7, 11) is -1.71. The van der Waals surface area contributed by atoms with Crippen molar-refractivity contribution >= 4 is 14.3 Å². The first-order valence-electron chi connectivity index (χ1n) is 9.73. The minimum atomic E-state index is -1.71. The fourth-order valence-electron chi connectivity index (χ4n) is 4.93. The van der Waals surface area contributed by atoms with E-state index in [1.807, 2.05) is 6.08 Å². The van der Waals surface area contributed by atoms with E-state index in [0.717, 1.165) is 24.6 Å². The highest BCUT2D eigenvalue weighted by atomic mass is 28.4. The van der Waals surface area contributed by atoms with E-state index >= 15 is 0 Å². The molecule has 4 heteroatoms. The lowest BCUT2D eigenvalue weighted by molar-refractivity contribution is -0.145. The molecule has 24 heavy (non-hydrogen) atoms. The Morgan fingerprint density at radius 3 is 2.42 bits per heavy atom. The average molecular weight is 353 g/mol. The summed E-state index contributed by atoms with van der Waals surface area (Å²) in [5.41, 5.74) is 0.0405. The van der Waals surface area contributed by atoms with Gasteiger partial charge in [-0.2, -0.15) is 0 Å². The number of ether oxygens (including phenoxy) is 1. The molecule has 0 aromatic heterocycles. The number of hydrogen-bond acceptors (Lipinski definition) is 3. The molecular formula is C20H36O3Si. The predicted molar refractivity (Wildman–Crippen MR) is 101 cm³/mol. The Kier molecular flexibility index (Phi) is 6.02. The summed E-state index contributed by atoms with van der Waals surface area (Å²) in [4.78, 5) is 11.9. The third-order valence-electron chi connectivity index (χ3n) is 6.76. The molecule has 3 nitrogen and oxygen atoms in total. The standard InChI is InChI=1S/C20H36O3Si/c1-8-14(5)18(23-24(9-2,10-3)11-4)16-13-20(6,7)19-15(16)12-17(21)22-19/h8,14-16,18-19H,1,9-13H2,2-7H3/t14-,15-,16-,18+,19-/m1/s1. The van der Waals surface area contributed by atoms with Gasteiger partial charge in [-0.3, -0.25) is 4.79 Å². The van der Waals surface area contributed by atoms with E-state index in [0.29, 0.717) is 24.2 Å². The number of carbonyl (C=O) groups excluding carboxylic acids is 1. The number of carbonyl (C=O) groups is 1. The summed E-state index contributed by atoms with van der Waals surface area (Å²) in [5, 5.41) is 0. The number of fused-ring (bicyclic) bond motifs is 1. The van der Waals surface area contributed by atoms with Crippen LogP contribution in [0.25, 0.3) is 0 Å². The van der Waals surface area contributed by atoms with Crippen molar-refractivity contribution < 1.29 is 14.0 Å². The summed E-state index contributed by atoms with van der Waals surface area (Å²) >= 11 is 0. The largest absolute Gasteiger partial charge is 0.461 e. The van der Waals surface area contributed by atoms with Gasteiger partial charge in [0.05, 0.1) is 12.5 Å². The van der Waals surface area contributed by atoms with Gasteiger partial charge in [0.1, 0.15) is 6.10 Å². The average Bonchev–Trinajstić information content (AvgIpc) is 3.06. The van der Waals surface area contributed by atoms with Crippen molar-refractivity contribution in [1.82, 2.24) is 0 Å². The van der Waals surface area contributed by atoms with Gasteiger partial charge in [0.2, 0.25) is 0 Å². The van der Waals surface area contributed by atoms with E-state index in [9.17, 15) is 4.79 Å². The van der Waals surface area contributed by atoms with E-state index in [-0.39, 0.29) is 23.6 Å². The molecule has 1 saturated carbocycles. The van der Waals surface area contributed by atoms with Gasteiger partial charge in [-0.05, 0) is 36.4 Å². The molecule has 0 spiro atoms. The monoisotopic (exact) mass is 352 g/mol. The van der Waals surface area contributed by atoms with Crippen LogP contribution in [0.1, 0.15) is 54.4 Å². The Morgan fingerprint density at radius 1 is 1.33 bits per heavy atom. The lowest BCUT2D eigenvalue weighted by Crippen LogP contribution is -2.45. The maximum atomic E-state index is 11.9. The van der Waals surface area contributed by atoms with Crippen LogP contribution in [0, 0.1) is 23.2 Å². The van der Waals surface area contributed by atoms with Crippen LogP contribution < -0.4 is 0 Å². The molecular weight excluding hydrogens is 316 g/mol. The van der Waals surface area contributed by atoms with Crippen molar-refractivity contribution in [2.75, 3.05) is 0 Å². The molecule has 1 saturated heterocycles. The minimum Gasteiger partial charge on any atom is -0.461 e. The molecule has 0 aromatic carbocycles.